The number of rotatable bonds is 7. The lowest BCUT2D eigenvalue weighted by atomic mass is 10.2. The van der Waals surface area contributed by atoms with Crippen molar-refractivity contribution in [3.05, 3.63) is 83.9 Å². The van der Waals surface area contributed by atoms with Crippen molar-refractivity contribution in [2.45, 2.75) is 13.3 Å². The first kappa shape index (κ1) is 22.1. The summed E-state index contributed by atoms with van der Waals surface area (Å²) in [5.74, 6) is 0.520. The molecule has 1 aliphatic carbocycles. The second-order valence-electron chi connectivity index (χ2n) is 7.95. The Balaban J connectivity index is 1.33. The average molecular weight is 444 g/mol. The zero-order chi connectivity index (χ0) is 23.4. The number of hydrogen-bond acceptors (Lipinski definition) is 5. The molecule has 3 aromatic carbocycles. The monoisotopic (exact) mass is 444 g/mol. The van der Waals surface area contributed by atoms with E-state index in [2.05, 4.69) is 10.6 Å². The minimum Gasteiger partial charge on any atom is -0.496 e. The maximum absolute atomic E-state index is 12.5. The molecule has 1 saturated carbocycles. The maximum atomic E-state index is 12.5. The lowest BCUT2D eigenvalue weighted by Crippen LogP contribution is -2.15. The molecule has 3 aromatic rings. The van der Waals surface area contributed by atoms with Gasteiger partial charge in [0.25, 0.3) is 5.91 Å². The number of methoxy groups -OCH3 is 1. The molecule has 2 unspecified atom stereocenters. The van der Waals surface area contributed by atoms with Gasteiger partial charge in [0.2, 0.25) is 5.91 Å². The van der Waals surface area contributed by atoms with E-state index in [1.807, 2.05) is 6.92 Å². The second-order valence-corrected chi connectivity index (χ2v) is 7.95. The molecule has 0 heterocycles. The predicted octanol–water partition coefficient (Wildman–Crippen LogP) is 4.76. The summed E-state index contributed by atoms with van der Waals surface area (Å²) in [7, 11) is 1.51. The first-order valence-corrected chi connectivity index (χ1v) is 10.6. The van der Waals surface area contributed by atoms with Crippen molar-refractivity contribution >= 4 is 29.2 Å². The lowest BCUT2D eigenvalue weighted by Gasteiger charge is -2.10. The molecule has 0 spiro atoms. The van der Waals surface area contributed by atoms with E-state index in [4.69, 9.17) is 9.47 Å². The number of hydrogen-bond donors (Lipinski definition) is 2. The Bertz CT molecular complexity index is 1170. The SMILES string of the molecule is COc1ccccc1C(=O)Nc1ccc(OC(=O)c2ccc(NC(=O)C3CC3C)cc2)cc1. The van der Waals surface area contributed by atoms with Crippen LogP contribution in [-0.4, -0.2) is 24.9 Å². The third-order valence-corrected chi connectivity index (χ3v) is 5.51. The first-order valence-electron chi connectivity index (χ1n) is 10.6. The molecule has 2 atom stereocenters. The molecule has 0 aromatic heterocycles. The Morgan fingerprint density at radius 1 is 0.848 bits per heavy atom. The van der Waals surface area contributed by atoms with Crippen molar-refractivity contribution in [3.63, 3.8) is 0 Å². The fourth-order valence-corrected chi connectivity index (χ4v) is 3.41. The molecular formula is C26H24N2O5. The fourth-order valence-electron chi connectivity index (χ4n) is 3.41. The smallest absolute Gasteiger partial charge is 0.343 e. The molecule has 7 heteroatoms. The molecule has 0 bridgehead atoms. The molecule has 1 fully saturated rings. The van der Waals surface area contributed by atoms with Crippen LogP contribution < -0.4 is 20.1 Å². The van der Waals surface area contributed by atoms with E-state index in [1.54, 1.807) is 72.8 Å². The van der Waals surface area contributed by atoms with E-state index >= 15 is 0 Å². The van der Waals surface area contributed by atoms with Crippen LogP contribution in [0.4, 0.5) is 11.4 Å². The summed E-state index contributed by atoms with van der Waals surface area (Å²) in [5, 5.41) is 5.65. The zero-order valence-electron chi connectivity index (χ0n) is 18.3. The Hall–Kier alpha value is -4.13. The first-order chi connectivity index (χ1) is 15.9. The van der Waals surface area contributed by atoms with Gasteiger partial charge in [-0.1, -0.05) is 19.1 Å². The number of amides is 2. The van der Waals surface area contributed by atoms with E-state index in [-0.39, 0.29) is 17.7 Å². The van der Waals surface area contributed by atoms with Gasteiger partial charge >= 0.3 is 5.97 Å². The van der Waals surface area contributed by atoms with Crippen LogP contribution in [0, 0.1) is 11.8 Å². The van der Waals surface area contributed by atoms with Gasteiger partial charge in [-0.2, -0.15) is 0 Å². The van der Waals surface area contributed by atoms with E-state index < -0.39 is 5.97 Å². The maximum Gasteiger partial charge on any atom is 0.343 e. The van der Waals surface area contributed by atoms with E-state index in [0.29, 0.717) is 39.9 Å². The van der Waals surface area contributed by atoms with Gasteiger partial charge in [0.05, 0.1) is 18.2 Å². The third kappa shape index (κ3) is 5.38. The highest BCUT2D eigenvalue weighted by Gasteiger charge is 2.39. The molecule has 2 N–H and O–H groups in total. The molecular weight excluding hydrogens is 420 g/mol. The van der Waals surface area contributed by atoms with Gasteiger partial charge in [-0.15, -0.1) is 0 Å². The van der Waals surface area contributed by atoms with Crippen molar-refractivity contribution in [2.24, 2.45) is 11.8 Å². The topological polar surface area (TPSA) is 93.7 Å². The largest absolute Gasteiger partial charge is 0.496 e. The molecule has 1 aliphatic rings. The highest BCUT2D eigenvalue weighted by molar-refractivity contribution is 6.06. The van der Waals surface area contributed by atoms with E-state index in [0.717, 1.165) is 6.42 Å². The summed E-state index contributed by atoms with van der Waals surface area (Å²) in [5.41, 5.74) is 1.98. The zero-order valence-corrected chi connectivity index (χ0v) is 18.3. The van der Waals surface area contributed by atoms with Crippen LogP contribution in [0.2, 0.25) is 0 Å². The van der Waals surface area contributed by atoms with Gasteiger partial charge < -0.3 is 20.1 Å². The number of ether oxygens (including phenoxy) is 2. The summed E-state index contributed by atoms with van der Waals surface area (Å²) in [6.45, 7) is 2.05. The summed E-state index contributed by atoms with van der Waals surface area (Å²) in [6.07, 6.45) is 0.916. The van der Waals surface area contributed by atoms with Crippen LogP contribution >= 0.6 is 0 Å². The van der Waals surface area contributed by atoms with Gasteiger partial charge in [-0.05, 0) is 73.0 Å². The minimum absolute atomic E-state index is 0.00992. The van der Waals surface area contributed by atoms with Crippen molar-refractivity contribution < 1.29 is 23.9 Å². The van der Waals surface area contributed by atoms with Crippen molar-refractivity contribution in [1.29, 1.82) is 0 Å². The quantitative estimate of drug-likeness (QED) is 0.405. The number of carbonyl (C=O) groups is 3. The standard InChI is InChI=1S/C26H24N2O5/c1-16-15-22(16)25(30)28-18-9-7-17(8-10-18)26(31)33-20-13-11-19(12-14-20)27-24(29)21-5-3-4-6-23(21)32-2/h3-14,16,22H,15H2,1-2H3,(H,27,29)(H,28,30). The molecule has 168 valence electrons. The molecule has 0 radical (unpaired) electrons. The normalized spacial score (nSPS) is 16.4. The van der Waals surface area contributed by atoms with Crippen LogP contribution in [0.3, 0.4) is 0 Å². The van der Waals surface area contributed by atoms with Gasteiger partial charge in [0.15, 0.2) is 0 Å². The fraction of sp³-hybridized carbons (Fsp3) is 0.192. The Morgan fingerprint density at radius 2 is 1.45 bits per heavy atom. The highest BCUT2D eigenvalue weighted by atomic mass is 16.5. The van der Waals surface area contributed by atoms with Gasteiger partial charge in [-0.25, -0.2) is 4.79 Å². The number of anilines is 2. The number of para-hydroxylation sites is 1. The van der Waals surface area contributed by atoms with Crippen LogP contribution in [0.5, 0.6) is 11.5 Å². The van der Waals surface area contributed by atoms with Crippen molar-refractivity contribution in [1.82, 2.24) is 0 Å². The van der Waals surface area contributed by atoms with Crippen LogP contribution in [0.1, 0.15) is 34.1 Å². The number of esters is 1. The molecule has 4 rings (SSSR count). The number of benzene rings is 3. The van der Waals surface area contributed by atoms with Crippen LogP contribution in [0.25, 0.3) is 0 Å². The summed E-state index contributed by atoms with van der Waals surface area (Å²) in [6, 6.07) is 20.0. The van der Waals surface area contributed by atoms with Gasteiger partial charge in [0.1, 0.15) is 11.5 Å². The summed E-state index contributed by atoms with van der Waals surface area (Å²) >= 11 is 0. The van der Waals surface area contributed by atoms with Crippen LogP contribution in [-0.2, 0) is 4.79 Å². The Morgan fingerprint density at radius 3 is 2.09 bits per heavy atom. The number of nitrogens with one attached hydrogen (secondary N) is 2. The lowest BCUT2D eigenvalue weighted by molar-refractivity contribution is -0.117. The van der Waals surface area contributed by atoms with E-state index in [9.17, 15) is 14.4 Å². The Labute approximate surface area is 191 Å². The molecule has 0 aliphatic heterocycles. The molecule has 0 saturated heterocycles. The molecule has 2 amide bonds. The van der Waals surface area contributed by atoms with Gasteiger partial charge in [0, 0.05) is 17.3 Å². The average Bonchev–Trinajstić information content (AvgIpc) is 3.57. The van der Waals surface area contributed by atoms with E-state index in [1.165, 1.54) is 7.11 Å². The minimum atomic E-state index is -0.519. The third-order valence-electron chi connectivity index (χ3n) is 5.51. The molecule has 33 heavy (non-hydrogen) atoms. The van der Waals surface area contributed by atoms with Crippen molar-refractivity contribution in [2.75, 3.05) is 17.7 Å². The summed E-state index contributed by atoms with van der Waals surface area (Å²) < 4.78 is 10.6. The Kier molecular flexibility index (Phi) is 6.40. The van der Waals surface area contributed by atoms with Gasteiger partial charge in [-0.3, -0.25) is 9.59 Å². The molecule has 7 nitrogen and oxygen atoms in total. The predicted molar refractivity (Wildman–Crippen MR) is 125 cm³/mol. The summed E-state index contributed by atoms with van der Waals surface area (Å²) in [4.78, 5) is 36.9. The second kappa shape index (κ2) is 9.56. The number of carbonyl (C=O) groups excluding carboxylic acids is 3. The van der Waals surface area contributed by atoms with Crippen molar-refractivity contribution in [3.8, 4) is 11.5 Å². The van der Waals surface area contributed by atoms with Crippen LogP contribution in [0.15, 0.2) is 72.8 Å². The highest BCUT2D eigenvalue weighted by Crippen LogP contribution is 2.38.